The molecule has 1 saturated heterocycles. The van der Waals surface area contributed by atoms with Gasteiger partial charge in [0.15, 0.2) is 5.82 Å². The Morgan fingerprint density at radius 2 is 2.17 bits per heavy atom. The molecule has 4 rings (SSSR count). The van der Waals surface area contributed by atoms with E-state index in [0.717, 1.165) is 68.7 Å². The molecule has 1 atom stereocenters. The van der Waals surface area contributed by atoms with Crippen molar-refractivity contribution in [3.8, 4) is 0 Å². The smallest absolute Gasteiger partial charge is 0.152 e. The molecule has 0 spiro atoms. The largest absolute Gasteiger partial charge is 0.379 e. The molecule has 0 amide bonds. The van der Waals surface area contributed by atoms with Crippen LogP contribution >= 0.6 is 0 Å². The quantitative estimate of drug-likeness (QED) is 0.857. The van der Waals surface area contributed by atoms with Crippen LogP contribution in [-0.4, -0.2) is 44.0 Å². The highest BCUT2D eigenvalue weighted by Crippen LogP contribution is 2.17. The van der Waals surface area contributed by atoms with Crippen molar-refractivity contribution in [1.82, 2.24) is 24.7 Å². The summed E-state index contributed by atoms with van der Waals surface area (Å²) < 4.78 is 7.67. The van der Waals surface area contributed by atoms with Crippen molar-refractivity contribution in [2.45, 2.75) is 44.8 Å². The van der Waals surface area contributed by atoms with E-state index in [1.165, 1.54) is 0 Å². The molecule has 8 nitrogen and oxygen atoms in total. The summed E-state index contributed by atoms with van der Waals surface area (Å²) in [5.41, 5.74) is 0. The second-order valence-electron chi connectivity index (χ2n) is 5.99. The number of fused-ring (bicyclic) bond motifs is 1. The summed E-state index contributed by atoms with van der Waals surface area (Å²) in [5, 5.41) is 15.2. The normalized spacial score (nSPS) is 20.3. The Morgan fingerprint density at radius 1 is 1.22 bits per heavy atom. The molecule has 0 radical (unpaired) electrons. The predicted octanol–water partition coefficient (Wildman–Crippen LogP) is 1.22. The molecule has 1 fully saturated rings. The number of hydrogen-bond donors (Lipinski definition) is 2. The van der Waals surface area contributed by atoms with Gasteiger partial charge in [0, 0.05) is 25.6 Å². The number of nitrogens with zero attached hydrogens (tertiary/aromatic N) is 5. The van der Waals surface area contributed by atoms with Gasteiger partial charge < -0.3 is 19.9 Å². The Bertz CT molecular complexity index is 666. The van der Waals surface area contributed by atoms with E-state index in [1.54, 1.807) is 6.33 Å². The predicted molar refractivity (Wildman–Crippen MR) is 85.2 cm³/mol. The SMILES string of the molecule is c1nc(NCc2nnc3n2CCC3)cc(N[C@H]2CCCOC2)n1. The van der Waals surface area contributed by atoms with Gasteiger partial charge in [0.25, 0.3) is 0 Å². The third kappa shape index (κ3) is 3.26. The van der Waals surface area contributed by atoms with Crippen molar-refractivity contribution in [2.75, 3.05) is 23.8 Å². The maximum atomic E-state index is 5.48. The van der Waals surface area contributed by atoms with Gasteiger partial charge in [-0.05, 0) is 19.3 Å². The first-order valence-corrected chi connectivity index (χ1v) is 8.19. The molecule has 2 aromatic rings. The number of aryl methyl sites for hydroxylation is 1. The van der Waals surface area contributed by atoms with Crippen molar-refractivity contribution in [3.05, 3.63) is 24.0 Å². The molecule has 2 N–H and O–H groups in total. The number of hydrogen-bond acceptors (Lipinski definition) is 7. The van der Waals surface area contributed by atoms with Gasteiger partial charge in [0.1, 0.15) is 23.8 Å². The summed E-state index contributed by atoms with van der Waals surface area (Å²) in [5.74, 6) is 3.66. The lowest BCUT2D eigenvalue weighted by atomic mass is 10.1. The van der Waals surface area contributed by atoms with Crippen molar-refractivity contribution in [3.63, 3.8) is 0 Å². The Labute approximate surface area is 134 Å². The summed E-state index contributed by atoms with van der Waals surface area (Å²) in [6.07, 6.45) is 5.95. The third-order valence-electron chi connectivity index (χ3n) is 4.29. The van der Waals surface area contributed by atoms with Crippen LogP contribution in [0.5, 0.6) is 0 Å². The van der Waals surface area contributed by atoms with E-state index < -0.39 is 0 Å². The topological polar surface area (TPSA) is 89.8 Å². The number of nitrogens with one attached hydrogen (secondary N) is 2. The van der Waals surface area contributed by atoms with E-state index in [0.29, 0.717) is 12.6 Å². The van der Waals surface area contributed by atoms with Crippen LogP contribution in [0, 0.1) is 0 Å². The van der Waals surface area contributed by atoms with Crippen LogP contribution in [0.25, 0.3) is 0 Å². The lowest BCUT2D eigenvalue weighted by Crippen LogP contribution is -2.30. The minimum absolute atomic E-state index is 0.325. The average Bonchev–Trinajstić information content (AvgIpc) is 3.18. The molecule has 2 aromatic heterocycles. The van der Waals surface area contributed by atoms with Gasteiger partial charge in [-0.3, -0.25) is 0 Å². The molecule has 122 valence electrons. The van der Waals surface area contributed by atoms with Crippen LogP contribution in [0.4, 0.5) is 11.6 Å². The van der Waals surface area contributed by atoms with Crippen LogP contribution < -0.4 is 10.6 Å². The molecule has 0 saturated carbocycles. The fraction of sp³-hybridized carbons (Fsp3) is 0.600. The Balaban J connectivity index is 1.38. The van der Waals surface area contributed by atoms with E-state index in [9.17, 15) is 0 Å². The van der Waals surface area contributed by atoms with Crippen LogP contribution in [0.1, 0.15) is 30.9 Å². The Kier molecular flexibility index (Phi) is 4.06. The maximum Gasteiger partial charge on any atom is 0.152 e. The van der Waals surface area contributed by atoms with Crippen molar-refractivity contribution in [2.24, 2.45) is 0 Å². The van der Waals surface area contributed by atoms with Crippen molar-refractivity contribution < 1.29 is 4.74 Å². The molecule has 4 heterocycles. The summed E-state index contributed by atoms with van der Waals surface area (Å²) in [7, 11) is 0. The zero-order chi connectivity index (χ0) is 15.5. The lowest BCUT2D eigenvalue weighted by Gasteiger charge is -2.23. The molecule has 23 heavy (non-hydrogen) atoms. The van der Waals surface area contributed by atoms with Gasteiger partial charge in [-0.25, -0.2) is 9.97 Å². The summed E-state index contributed by atoms with van der Waals surface area (Å²) in [6, 6.07) is 2.25. The van der Waals surface area contributed by atoms with Gasteiger partial charge >= 0.3 is 0 Å². The highest BCUT2D eigenvalue weighted by atomic mass is 16.5. The fourth-order valence-corrected chi connectivity index (χ4v) is 3.11. The van der Waals surface area contributed by atoms with E-state index in [2.05, 4.69) is 35.4 Å². The van der Waals surface area contributed by atoms with Crippen LogP contribution in [0.15, 0.2) is 12.4 Å². The molecular weight excluding hydrogens is 294 g/mol. The number of aromatic nitrogens is 5. The zero-order valence-corrected chi connectivity index (χ0v) is 13.0. The van der Waals surface area contributed by atoms with E-state index >= 15 is 0 Å². The molecule has 2 aliphatic heterocycles. The fourth-order valence-electron chi connectivity index (χ4n) is 3.11. The third-order valence-corrected chi connectivity index (χ3v) is 4.29. The van der Waals surface area contributed by atoms with Crippen LogP contribution in [0.2, 0.25) is 0 Å². The lowest BCUT2D eigenvalue weighted by molar-refractivity contribution is 0.0875. The minimum Gasteiger partial charge on any atom is -0.379 e. The maximum absolute atomic E-state index is 5.48. The van der Waals surface area contributed by atoms with Gasteiger partial charge in [0.2, 0.25) is 0 Å². The van der Waals surface area contributed by atoms with Gasteiger partial charge in [-0.15, -0.1) is 10.2 Å². The molecule has 0 bridgehead atoms. The minimum atomic E-state index is 0.325. The highest BCUT2D eigenvalue weighted by molar-refractivity contribution is 5.47. The second-order valence-corrected chi connectivity index (χ2v) is 5.99. The first-order chi connectivity index (χ1) is 11.4. The van der Waals surface area contributed by atoms with Crippen molar-refractivity contribution >= 4 is 11.6 Å². The van der Waals surface area contributed by atoms with E-state index in [-0.39, 0.29) is 0 Å². The second kappa shape index (κ2) is 6.49. The number of rotatable bonds is 5. The summed E-state index contributed by atoms with van der Waals surface area (Å²) in [4.78, 5) is 8.56. The standard InChI is InChI=1S/C15H21N7O/c1-4-14-20-21-15(22(14)5-1)8-16-12-7-13(18-10-17-12)19-11-3-2-6-23-9-11/h7,10-11H,1-6,8-9H2,(H2,16,17,18,19)/t11-/m0/s1. The summed E-state index contributed by atoms with van der Waals surface area (Å²) in [6.45, 7) is 3.23. The average molecular weight is 315 g/mol. The number of anilines is 2. The molecule has 0 aromatic carbocycles. The van der Waals surface area contributed by atoms with Crippen molar-refractivity contribution in [1.29, 1.82) is 0 Å². The first kappa shape index (κ1) is 14.4. The zero-order valence-electron chi connectivity index (χ0n) is 13.0. The molecule has 0 unspecified atom stereocenters. The molecule has 2 aliphatic rings. The van der Waals surface area contributed by atoms with Crippen LogP contribution in [0.3, 0.4) is 0 Å². The number of ether oxygens (including phenoxy) is 1. The molecule has 0 aliphatic carbocycles. The highest BCUT2D eigenvalue weighted by Gasteiger charge is 2.17. The van der Waals surface area contributed by atoms with Gasteiger partial charge in [-0.1, -0.05) is 0 Å². The van der Waals surface area contributed by atoms with E-state index in [1.807, 2.05) is 6.07 Å². The molecule has 8 heteroatoms. The van der Waals surface area contributed by atoms with Gasteiger partial charge in [0.05, 0.1) is 19.2 Å². The van der Waals surface area contributed by atoms with Gasteiger partial charge in [-0.2, -0.15) is 0 Å². The molecular formula is C15H21N7O. The van der Waals surface area contributed by atoms with E-state index in [4.69, 9.17) is 4.74 Å². The summed E-state index contributed by atoms with van der Waals surface area (Å²) >= 11 is 0. The first-order valence-electron chi connectivity index (χ1n) is 8.19. The Hall–Kier alpha value is -2.22. The monoisotopic (exact) mass is 315 g/mol. The van der Waals surface area contributed by atoms with Crippen LogP contribution in [-0.2, 0) is 24.2 Å². The Morgan fingerprint density at radius 3 is 3.09 bits per heavy atom.